The van der Waals surface area contributed by atoms with E-state index in [0.29, 0.717) is 17.9 Å². The molecule has 0 fully saturated rings. The van der Waals surface area contributed by atoms with Crippen molar-refractivity contribution in [3.05, 3.63) is 35.4 Å². The first kappa shape index (κ1) is 14.6. The lowest BCUT2D eigenvalue weighted by Gasteiger charge is -2.32. The molecule has 19 heavy (non-hydrogen) atoms. The third kappa shape index (κ3) is 3.60. The van der Waals surface area contributed by atoms with Crippen molar-refractivity contribution in [3.63, 3.8) is 0 Å². The van der Waals surface area contributed by atoms with Gasteiger partial charge in [0, 0.05) is 6.04 Å². The molecule has 1 aromatic carbocycles. The Bertz CT molecular complexity index is 383. The normalized spacial score (nSPS) is 20.9. The molecule has 1 N–H and O–H groups in total. The highest BCUT2D eigenvalue weighted by atomic mass is 14.9. The Morgan fingerprint density at radius 2 is 2.00 bits per heavy atom. The van der Waals surface area contributed by atoms with Crippen LogP contribution < -0.4 is 5.32 Å². The molecule has 1 aliphatic carbocycles. The number of fused-ring (bicyclic) bond motifs is 1. The summed E-state index contributed by atoms with van der Waals surface area (Å²) in [5, 5.41) is 3.81. The number of rotatable bonds is 5. The molecule has 1 aromatic rings. The van der Waals surface area contributed by atoms with Crippen LogP contribution in [0, 0.1) is 5.92 Å². The van der Waals surface area contributed by atoms with E-state index in [0.717, 1.165) is 6.54 Å². The zero-order valence-corrected chi connectivity index (χ0v) is 12.8. The van der Waals surface area contributed by atoms with Crippen LogP contribution in [-0.2, 0) is 6.42 Å². The van der Waals surface area contributed by atoms with Crippen molar-refractivity contribution in [3.8, 4) is 0 Å². The molecule has 2 atom stereocenters. The van der Waals surface area contributed by atoms with E-state index in [1.807, 2.05) is 0 Å². The molecular formula is C18H29N. The minimum absolute atomic E-state index is 0.624. The predicted molar refractivity (Wildman–Crippen MR) is 83.7 cm³/mol. The maximum absolute atomic E-state index is 3.81. The largest absolute Gasteiger partial charge is 0.313 e. The lowest BCUT2D eigenvalue weighted by Crippen LogP contribution is -2.39. The minimum atomic E-state index is 0.624. The van der Waals surface area contributed by atoms with E-state index in [9.17, 15) is 0 Å². The number of nitrogens with one attached hydrogen (secondary N) is 1. The maximum Gasteiger partial charge on any atom is 0.0159 e. The number of hydrogen-bond donors (Lipinski definition) is 1. The summed E-state index contributed by atoms with van der Waals surface area (Å²) in [4.78, 5) is 0. The average Bonchev–Trinajstić information content (AvgIpc) is 2.62. The second-order valence-corrected chi connectivity index (χ2v) is 6.28. The lowest BCUT2D eigenvalue weighted by atomic mass is 9.81. The third-order valence-electron chi connectivity index (χ3n) is 4.45. The minimum Gasteiger partial charge on any atom is -0.313 e. The predicted octanol–water partition coefficient (Wildman–Crippen LogP) is 4.52. The van der Waals surface area contributed by atoms with Crippen molar-refractivity contribution >= 4 is 0 Å². The van der Waals surface area contributed by atoms with E-state index in [1.165, 1.54) is 32.1 Å². The van der Waals surface area contributed by atoms with Crippen LogP contribution in [0.15, 0.2) is 24.3 Å². The molecular weight excluding hydrogens is 230 g/mol. The molecule has 0 aliphatic heterocycles. The molecule has 0 radical (unpaired) electrons. The van der Waals surface area contributed by atoms with Gasteiger partial charge in [0.25, 0.3) is 0 Å². The van der Waals surface area contributed by atoms with Gasteiger partial charge in [-0.1, -0.05) is 51.5 Å². The Balaban J connectivity index is 2.25. The van der Waals surface area contributed by atoms with Crippen LogP contribution >= 0.6 is 0 Å². The Morgan fingerprint density at radius 3 is 2.74 bits per heavy atom. The van der Waals surface area contributed by atoms with Gasteiger partial charge in [-0.15, -0.1) is 0 Å². The van der Waals surface area contributed by atoms with Crippen LogP contribution in [0.5, 0.6) is 0 Å². The van der Waals surface area contributed by atoms with Gasteiger partial charge in [0.05, 0.1) is 0 Å². The van der Waals surface area contributed by atoms with Crippen LogP contribution in [0.4, 0.5) is 0 Å². The highest BCUT2D eigenvalue weighted by Gasteiger charge is 2.28. The second-order valence-electron chi connectivity index (χ2n) is 6.28. The van der Waals surface area contributed by atoms with Crippen molar-refractivity contribution in [1.29, 1.82) is 0 Å². The standard InChI is InChI=1S/C18H29N/c1-4-13-19-18(14(2)3)17-12-8-6-10-15-9-5-7-11-16(15)17/h5,7,9,11,14,17-19H,4,6,8,10,12-13H2,1-3H3. The van der Waals surface area contributed by atoms with Gasteiger partial charge in [-0.05, 0) is 55.2 Å². The van der Waals surface area contributed by atoms with Gasteiger partial charge in [0.15, 0.2) is 0 Å². The molecule has 0 saturated heterocycles. The topological polar surface area (TPSA) is 12.0 Å². The lowest BCUT2D eigenvalue weighted by molar-refractivity contribution is 0.328. The van der Waals surface area contributed by atoms with E-state index < -0.39 is 0 Å². The Kier molecular flexibility index (Phi) is 5.45. The van der Waals surface area contributed by atoms with E-state index in [-0.39, 0.29) is 0 Å². The molecule has 0 aromatic heterocycles. The van der Waals surface area contributed by atoms with E-state index in [4.69, 9.17) is 0 Å². The first-order valence-corrected chi connectivity index (χ1v) is 8.05. The summed E-state index contributed by atoms with van der Waals surface area (Å²) >= 11 is 0. The second kappa shape index (κ2) is 7.09. The fourth-order valence-corrected chi connectivity index (χ4v) is 3.49. The van der Waals surface area contributed by atoms with E-state index in [2.05, 4.69) is 50.4 Å². The van der Waals surface area contributed by atoms with Gasteiger partial charge in [-0.25, -0.2) is 0 Å². The highest BCUT2D eigenvalue weighted by Crippen LogP contribution is 2.35. The van der Waals surface area contributed by atoms with Crippen LogP contribution in [0.1, 0.15) is 63.5 Å². The van der Waals surface area contributed by atoms with Gasteiger partial charge in [-0.2, -0.15) is 0 Å². The molecule has 0 heterocycles. The van der Waals surface area contributed by atoms with Gasteiger partial charge >= 0.3 is 0 Å². The van der Waals surface area contributed by atoms with Gasteiger partial charge in [0.1, 0.15) is 0 Å². The Hall–Kier alpha value is -0.820. The van der Waals surface area contributed by atoms with Crippen molar-refractivity contribution in [2.45, 2.75) is 64.8 Å². The first-order chi connectivity index (χ1) is 9.24. The summed E-state index contributed by atoms with van der Waals surface area (Å²) in [6.07, 6.45) is 6.56. The van der Waals surface area contributed by atoms with E-state index >= 15 is 0 Å². The first-order valence-electron chi connectivity index (χ1n) is 8.05. The third-order valence-corrected chi connectivity index (χ3v) is 4.45. The van der Waals surface area contributed by atoms with Gasteiger partial charge in [-0.3, -0.25) is 0 Å². The smallest absolute Gasteiger partial charge is 0.0159 e. The summed E-state index contributed by atoms with van der Waals surface area (Å²) in [6.45, 7) is 8.12. The summed E-state index contributed by atoms with van der Waals surface area (Å²) < 4.78 is 0. The van der Waals surface area contributed by atoms with Crippen LogP contribution in [0.2, 0.25) is 0 Å². The molecule has 1 nitrogen and oxygen atoms in total. The quantitative estimate of drug-likeness (QED) is 0.767. The molecule has 2 unspecified atom stereocenters. The molecule has 0 bridgehead atoms. The molecule has 0 spiro atoms. The van der Waals surface area contributed by atoms with Crippen LogP contribution in [0.3, 0.4) is 0 Å². The summed E-state index contributed by atoms with van der Waals surface area (Å²) in [6, 6.07) is 9.75. The molecule has 1 heteroatoms. The highest BCUT2D eigenvalue weighted by molar-refractivity contribution is 5.32. The van der Waals surface area contributed by atoms with E-state index in [1.54, 1.807) is 11.1 Å². The zero-order chi connectivity index (χ0) is 13.7. The maximum atomic E-state index is 3.81. The molecule has 0 amide bonds. The number of aryl methyl sites for hydroxylation is 1. The summed E-state index contributed by atoms with van der Waals surface area (Å²) in [7, 11) is 0. The molecule has 0 saturated carbocycles. The SMILES string of the molecule is CCCNC(C(C)C)C1CCCCc2ccccc21. The molecule has 106 valence electrons. The monoisotopic (exact) mass is 259 g/mol. The summed E-state index contributed by atoms with van der Waals surface area (Å²) in [5.74, 6) is 1.40. The van der Waals surface area contributed by atoms with Gasteiger partial charge < -0.3 is 5.32 Å². The fraction of sp³-hybridized carbons (Fsp3) is 0.667. The van der Waals surface area contributed by atoms with Crippen LogP contribution in [0.25, 0.3) is 0 Å². The molecule has 2 rings (SSSR count). The number of benzene rings is 1. The van der Waals surface area contributed by atoms with Crippen molar-refractivity contribution in [1.82, 2.24) is 5.32 Å². The number of hydrogen-bond acceptors (Lipinski definition) is 1. The van der Waals surface area contributed by atoms with Crippen molar-refractivity contribution in [2.75, 3.05) is 6.54 Å². The van der Waals surface area contributed by atoms with Gasteiger partial charge in [0.2, 0.25) is 0 Å². The zero-order valence-electron chi connectivity index (χ0n) is 12.8. The average molecular weight is 259 g/mol. The van der Waals surface area contributed by atoms with Crippen molar-refractivity contribution < 1.29 is 0 Å². The Labute approximate surface area is 118 Å². The Morgan fingerprint density at radius 1 is 1.21 bits per heavy atom. The molecule has 1 aliphatic rings. The van der Waals surface area contributed by atoms with Crippen LogP contribution in [-0.4, -0.2) is 12.6 Å². The van der Waals surface area contributed by atoms with Crippen molar-refractivity contribution in [2.24, 2.45) is 5.92 Å². The summed E-state index contributed by atoms with van der Waals surface area (Å²) in [5.41, 5.74) is 3.20. The fourth-order valence-electron chi connectivity index (χ4n) is 3.49.